The smallest absolute Gasteiger partial charge is 0.246 e. The summed E-state index contributed by atoms with van der Waals surface area (Å²) in [6, 6.07) is 7.88. The van der Waals surface area contributed by atoms with Crippen molar-refractivity contribution in [1.29, 1.82) is 0 Å². The van der Waals surface area contributed by atoms with Crippen LogP contribution in [-0.4, -0.2) is 43.8 Å². The van der Waals surface area contributed by atoms with Crippen LogP contribution < -0.4 is 0 Å². The molecule has 0 unspecified atom stereocenters. The third-order valence-electron chi connectivity index (χ3n) is 4.00. The highest BCUT2D eigenvalue weighted by atomic mass is 32.2. The molecule has 0 saturated carbocycles. The highest BCUT2D eigenvalue weighted by Crippen LogP contribution is 2.22. The molecule has 0 aliphatic carbocycles. The molecular formula is C16H19FN2O3S. The minimum absolute atomic E-state index is 0.239. The molecule has 0 spiro atoms. The summed E-state index contributed by atoms with van der Waals surface area (Å²) in [6.45, 7) is 4.27. The molecule has 0 bridgehead atoms. The van der Waals surface area contributed by atoms with Gasteiger partial charge in [0.1, 0.15) is 16.5 Å². The van der Waals surface area contributed by atoms with E-state index in [-0.39, 0.29) is 4.90 Å². The number of aryl methyl sites for hydroxylation is 1. The highest BCUT2D eigenvalue weighted by molar-refractivity contribution is 7.89. The molecular weight excluding hydrogens is 319 g/mol. The molecule has 124 valence electrons. The van der Waals surface area contributed by atoms with Crippen molar-refractivity contribution in [3.8, 4) is 0 Å². The van der Waals surface area contributed by atoms with Gasteiger partial charge in [0.05, 0.1) is 12.8 Å². The lowest BCUT2D eigenvalue weighted by Crippen LogP contribution is -2.48. The van der Waals surface area contributed by atoms with Crippen LogP contribution in [0.15, 0.2) is 45.9 Å². The van der Waals surface area contributed by atoms with Crippen molar-refractivity contribution < 1.29 is 17.2 Å². The first-order valence-electron chi connectivity index (χ1n) is 7.48. The summed E-state index contributed by atoms with van der Waals surface area (Å²) in [4.78, 5) is 1.88. The Morgan fingerprint density at radius 2 is 1.91 bits per heavy atom. The average molecular weight is 338 g/mol. The fourth-order valence-corrected chi connectivity index (χ4v) is 4.27. The summed E-state index contributed by atoms with van der Waals surface area (Å²) in [5, 5.41) is 0. The van der Waals surface area contributed by atoms with Crippen LogP contribution in [0.3, 0.4) is 0 Å². The summed E-state index contributed by atoms with van der Waals surface area (Å²) in [7, 11) is -3.79. The Morgan fingerprint density at radius 3 is 2.57 bits per heavy atom. The number of nitrogens with zero attached hydrogens (tertiary/aromatic N) is 2. The summed E-state index contributed by atoms with van der Waals surface area (Å²) < 4.78 is 45.8. The van der Waals surface area contributed by atoms with Crippen molar-refractivity contribution in [2.45, 2.75) is 18.4 Å². The van der Waals surface area contributed by atoms with Crippen LogP contribution in [0.5, 0.6) is 0 Å². The van der Waals surface area contributed by atoms with Crippen molar-refractivity contribution in [3.63, 3.8) is 0 Å². The summed E-state index contributed by atoms with van der Waals surface area (Å²) in [5.41, 5.74) is 0.724. The topological polar surface area (TPSA) is 53.8 Å². The first kappa shape index (κ1) is 16.2. The molecule has 0 amide bonds. The highest BCUT2D eigenvalue weighted by Gasteiger charge is 2.30. The van der Waals surface area contributed by atoms with E-state index in [1.165, 1.54) is 16.4 Å². The lowest BCUT2D eigenvalue weighted by atomic mass is 10.2. The Balaban J connectivity index is 1.70. The second kappa shape index (κ2) is 6.43. The minimum Gasteiger partial charge on any atom is -0.468 e. The monoisotopic (exact) mass is 338 g/mol. The molecule has 1 saturated heterocycles. The average Bonchev–Trinajstić information content (AvgIpc) is 3.03. The first-order chi connectivity index (χ1) is 11.0. The number of benzene rings is 1. The number of furan rings is 1. The second-order valence-electron chi connectivity index (χ2n) is 5.69. The maximum atomic E-state index is 13.9. The van der Waals surface area contributed by atoms with E-state index < -0.39 is 15.8 Å². The van der Waals surface area contributed by atoms with Crippen molar-refractivity contribution >= 4 is 10.0 Å². The van der Waals surface area contributed by atoms with E-state index in [1.54, 1.807) is 19.3 Å². The van der Waals surface area contributed by atoms with Crippen molar-refractivity contribution in [3.05, 3.63) is 53.7 Å². The number of hydrogen-bond donors (Lipinski definition) is 0. The molecule has 1 aliphatic heterocycles. The Kier molecular flexibility index (Phi) is 4.52. The van der Waals surface area contributed by atoms with Crippen LogP contribution in [0.4, 0.5) is 4.39 Å². The van der Waals surface area contributed by atoms with Gasteiger partial charge in [0.2, 0.25) is 10.0 Å². The van der Waals surface area contributed by atoms with Crippen molar-refractivity contribution in [2.75, 3.05) is 26.2 Å². The van der Waals surface area contributed by atoms with Gasteiger partial charge in [-0.2, -0.15) is 4.31 Å². The lowest BCUT2D eigenvalue weighted by Gasteiger charge is -2.33. The van der Waals surface area contributed by atoms with Gasteiger partial charge in [0.25, 0.3) is 0 Å². The first-order valence-corrected chi connectivity index (χ1v) is 8.92. The van der Waals surface area contributed by atoms with Crippen LogP contribution >= 0.6 is 0 Å². The zero-order valence-electron chi connectivity index (χ0n) is 12.9. The molecule has 0 N–H and O–H groups in total. The minimum atomic E-state index is -3.79. The van der Waals surface area contributed by atoms with Gasteiger partial charge < -0.3 is 4.42 Å². The SMILES string of the molecule is Cc1ccc(F)c(S(=O)(=O)N2CCN(Cc3ccco3)CC2)c1. The quantitative estimate of drug-likeness (QED) is 0.858. The van der Waals surface area contributed by atoms with E-state index in [9.17, 15) is 12.8 Å². The van der Waals surface area contributed by atoms with Gasteiger partial charge in [-0.3, -0.25) is 4.90 Å². The summed E-state index contributed by atoms with van der Waals surface area (Å²) >= 11 is 0. The molecule has 0 atom stereocenters. The normalized spacial score (nSPS) is 17.5. The zero-order valence-corrected chi connectivity index (χ0v) is 13.7. The molecule has 3 rings (SSSR count). The Labute approximate surface area is 135 Å². The van der Waals surface area contributed by atoms with E-state index in [1.807, 2.05) is 12.1 Å². The fraction of sp³-hybridized carbons (Fsp3) is 0.375. The van der Waals surface area contributed by atoms with Gasteiger partial charge >= 0.3 is 0 Å². The van der Waals surface area contributed by atoms with Crippen LogP contribution in [0.1, 0.15) is 11.3 Å². The molecule has 1 aromatic heterocycles. The summed E-state index contributed by atoms with van der Waals surface area (Å²) in [5.74, 6) is 0.152. The predicted octanol–water partition coefficient (Wildman–Crippen LogP) is 2.23. The Morgan fingerprint density at radius 1 is 1.17 bits per heavy atom. The van der Waals surface area contributed by atoms with E-state index in [2.05, 4.69) is 4.90 Å². The molecule has 2 aromatic rings. The fourth-order valence-electron chi connectivity index (χ4n) is 2.70. The predicted molar refractivity (Wildman–Crippen MR) is 83.9 cm³/mol. The maximum absolute atomic E-state index is 13.9. The van der Waals surface area contributed by atoms with E-state index in [0.717, 1.165) is 11.3 Å². The molecule has 1 aliphatic rings. The molecule has 5 nitrogen and oxygen atoms in total. The molecule has 1 aromatic carbocycles. The standard InChI is InChI=1S/C16H19FN2O3S/c1-13-4-5-15(17)16(11-13)23(20,21)19-8-6-18(7-9-19)12-14-3-2-10-22-14/h2-5,10-11H,6-9,12H2,1H3. The van der Waals surface area contributed by atoms with Crippen LogP contribution in [0, 0.1) is 12.7 Å². The van der Waals surface area contributed by atoms with Crippen molar-refractivity contribution in [2.24, 2.45) is 0 Å². The molecule has 23 heavy (non-hydrogen) atoms. The summed E-state index contributed by atoms with van der Waals surface area (Å²) in [6.07, 6.45) is 1.62. The number of hydrogen-bond acceptors (Lipinski definition) is 4. The van der Waals surface area contributed by atoms with E-state index >= 15 is 0 Å². The van der Waals surface area contributed by atoms with Gasteiger partial charge in [-0.15, -0.1) is 0 Å². The third-order valence-corrected chi connectivity index (χ3v) is 5.91. The van der Waals surface area contributed by atoms with Crippen LogP contribution in [0.2, 0.25) is 0 Å². The Bertz CT molecular complexity index is 767. The van der Waals surface area contributed by atoms with Gasteiger partial charge in [-0.1, -0.05) is 6.07 Å². The number of sulfonamides is 1. The Hall–Kier alpha value is -1.70. The van der Waals surface area contributed by atoms with Crippen LogP contribution in [0.25, 0.3) is 0 Å². The van der Waals surface area contributed by atoms with Crippen molar-refractivity contribution in [1.82, 2.24) is 9.21 Å². The van der Waals surface area contributed by atoms with Gasteiger partial charge in [-0.25, -0.2) is 12.8 Å². The second-order valence-corrected chi connectivity index (χ2v) is 7.60. The van der Waals surface area contributed by atoms with E-state index in [4.69, 9.17) is 4.42 Å². The largest absolute Gasteiger partial charge is 0.468 e. The maximum Gasteiger partial charge on any atom is 0.246 e. The molecule has 7 heteroatoms. The lowest BCUT2D eigenvalue weighted by molar-refractivity contribution is 0.170. The van der Waals surface area contributed by atoms with Crippen LogP contribution in [-0.2, 0) is 16.6 Å². The zero-order chi connectivity index (χ0) is 16.4. The van der Waals surface area contributed by atoms with Gasteiger partial charge in [0.15, 0.2) is 0 Å². The van der Waals surface area contributed by atoms with E-state index in [0.29, 0.717) is 32.7 Å². The van der Waals surface area contributed by atoms with Gasteiger partial charge in [-0.05, 0) is 36.8 Å². The van der Waals surface area contributed by atoms with Gasteiger partial charge in [0, 0.05) is 26.2 Å². The number of halogens is 1. The molecule has 1 fully saturated rings. The number of piperazine rings is 1. The number of rotatable bonds is 4. The molecule has 0 radical (unpaired) electrons. The third kappa shape index (κ3) is 3.46. The molecule has 2 heterocycles.